The lowest BCUT2D eigenvalue weighted by atomic mass is 10.0. The van der Waals surface area contributed by atoms with E-state index >= 15 is 0 Å². The predicted molar refractivity (Wildman–Crippen MR) is 84.1 cm³/mol. The molecule has 116 valence electrons. The van der Waals surface area contributed by atoms with Gasteiger partial charge in [-0.3, -0.25) is 0 Å². The van der Waals surface area contributed by atoms with Crippen LogP contribution >= 0.6 is 0 Å². The molecule has 0 aromatic heterocycles. The van der Waals surface area contributed by atoms with Gasteiger partial charge < -0.3 is 15.3 Å². The number of nitrogens with zero attached hydrogens (tertiary/aromatic N) is 1. The van der Waals surface area contributed by atoms with E-state index in [-0.39, 0.29) is 18.2 Å². The molecule has 1 aliphatic carbocycles. The van der Waals surface area contributed by atoms with E-state index in [4.69, 9.17) is 0 Å². The van der Waals surface area contributed by atoms with Gasteiger partial charge >= 0.3 is 6.03 Å². The summed E-state index contributed by atoms with van der Waals surface area (Å²) in [6, 6.07) is 8.13. The van der Waals surface area contributed by atoms with E-state index in [1.165, 1.54) is 5.56 Å². The second-order valence-corrected chi connectivity index (χ2v) is 6.11. The maximum atomic E-state index is 12.2. The zero-order chi connectivity index (χ0) is 15.4. The first-order chi connectivity index (χ1) is 10.0. The van der Waals surface area contributed by atoms with E-state index in [2.05, 4.69) is 43.4 Å². The number of likely N-dealkylation sites (N-methyl/N-ethyl adjacent to an activating group) is 1. The van der Waals surface area contributed by atoms with Crippen molar-refractivity contribution in [3.05, 3.63) is 35.4 Å². The molecule has 1 fully saturated rings. The van der Waals surface area contributed by atoms with Crippen molar-refractivity contribution in [3.8, 4) is 0 Å². The van der Waals surface area contributed by atoms with Gasteiger partial charge in [0.2, 0.25) is 0 Å². The summed E-state index contributed by atoms with van der Waals surface area (Å²) in [6.45, 7) is 4.51. The van der Waals surface area contributed by atoms with Crippen molar-refractivity contribution >= 4 is 6.03 Å². The Kier molecular flexibility index (Phi) is 5.23. The molecule has 1 aromatic rings. The monoisotopic (exact) mass is 290 g/mol. The third-order valence-electron chi connectivity index (χ3n) is 4.16. The molecule has 0 saturated heterocycles. The highest BCUT2D eigenvalue weighted by Crippen LogP contribution is 2.32. The molecule has 0 bridgehead atoms. The minimum atomic E-state index is -0.389. The fourth-order valence-electron chi connectivity index (χ4n) is 2.47. The van der Waals surface area contributed by atoms with E-state index in [9.17, 15) is 9.90 Å². The number of rotatable bonds is 6. The number of nitrogens with one attached hydrogen (secondary N) is 1. The third-order valence-corrected chi connectivity index (χ3v) is 4.16. The largest absolute Gasteiger partial charge is 0.391 e. The van der Waals surface area contributed by atoms with Gasteiger partial charge in [0.1, 0.15) is 0 Å². The number of carbonyl (C=O) groups is 1. The van der Waals surface area contributed by atoms with Crippen LogP contribution in [0.5, 0.6) is 0 Å². The Morgan fingerprint density at radius 3 is 2.52 bits per heavy atom. The molecular formula is C17H26N2O2. The Hall–Kier alpha value is -1.55. The number of carbonyl (C=O) groups excluding carboxylic acids is 1. The number of hydrogen-bond donors (Lipinski definition) is 2. The lowest BCUT2D eigenvalue weighted by molar-refractivity contribution is 0.112. The fraction of sp³-hybridized carbons (Fsp3) is 0.588. The summed E-state index contributed by atoms with van der Waals surface area (Å²) in [5, 5.41) is 13.0. The van der Waals surface area contributed by atoms with Crippen LogP contribution in [0, 0.1) is 12.8 Å². The number of urea groups is 1. The molecule has 2 unspecified atom stereocenters. The first kappa shape index (κ1) is 15.8. The van der Waals surface area contributed by atoms with Gasteiger partial charge in [-0.05, 0) is 37.7 Å². The summed E-state index contributed by atoms with van der Waals surface area (Å²) >= 11 is 0. The van der Waals surface area contributed by atoms with Crippen LogP contribution in [-0.4, -0.2) is 35.7 Å². The molecule has 0 heterocycles. The van der Waals surface area contributed by atoms with Crippen molar-refractivity contribution in [2.75, 3.05) is 13.6 Å². The van der Waals surface area contributed by atoms with E-state index in [0.717, 1.165) is 24.8 Å². The molecule has 2 amide bonds. The van der Waals surface area contributed by atoms with Crippen molar-refractivity contribution in [3.63, 3.8) is 0 Å². The average molecular weight is 290 g/mol. The van der Waals surface area contributed by atoms with Gasteiger partial charge in [0.25, 0.3) is 0 Å². The highest BCUT2D eigenvalue weighted by atomic mass is 16.3. The first-order valence-electron chi connectivity index (χ1n) is 7.77. The molecule has 0 radical (unpaired) electrons. The molecule has 4 heteroatoms. The minimum Gasteiger partial charge on any atom is -0.391 e. The summed E-state index contributed by atoms with van der Waals surface area (Å²) < 4.78 is 0. The number of benzene rings is 1. The maximum absolute atomic E-state index is 12.2. The summed E-state index contributed by atoms with van der Waals surface area (Å²) in [4.78, 5) is 13.8. The maximum Gasteiger partial charge on any atom is 0.317 e. The summed E-state index contributed by atoms with van der Waals surface area (Å²) in [6.07, 6.45) is 2.61. The van der Waals surface area contributed by atoms with Crippen molar-refractivity contribution in [2.45, 2.75) is 45.3 Å². The molecule has 1 aliphatic rings. The first-order valence-corrected chi connectivity index (χ1v) is 7.77. The van der Waals surface area contributed by atoms with E-state index in [0.29, 0.717) is 12.5 Å². The predicted octanol–water partition coefficient (Wildman–Crippen LogP) is 2.86. The Balaban J connectivity index is 1.90. The van der Waals surface area contributed by atoms with Crippen LogP contribution in [0.2, 0.25) is 0 Å². The van der Waals surface area contributed by atoms with Gasteiger partial charge in [-0.25, -0.2) is 4.79 Å². The van der Waals surface area contributed by atoms with Crippen LogP contribution in [-0.2, 0) is 0 Å². The zero-order valence-electron chi connectivity index (χ0n) is 13.2. The smallest absolute Gasteiger partial charge is 0.317 e. The van der Waals surface area contributed by atoms with Gasteiger partial charge in [0.15, 0.2) is 0 Å². The number of hydrogen-bond acceptors (Lipinski definition) is 2. The Bertz CT molecular complexity index is 468. The van der Waals surface area contributed by atoms with Crippen LogP contribution in [0.3, 0.4) is 0 Å². The minimum absolute atomic E-state index is 0.0126. The summed E-state index contributed by atoms with van der Waals surface area (Å²) in [5.41, 5.74) is 2.33. The lowest BCUT2D eigenvalue weighted by Gasteiger charge is -2.25. The Morgan fingerprint density at radius 1 is 1.38 bits per heavy atom. The SMILES string of the molecule is CCC(NC(=O)N(C)CC(O)C1CC1)c1ccc(C)cc1. The molecule has 2 rings (SSSR count). The van der Waals surface area contributed by atoms with Gasteiger partial charge in [-0.1, -0.05) is 36.8 Å². The van der Waals surface area contributed by atoms with Crippen molar-refractivity contribution in [2.24, 2.45) is 5.92 Å². The molecule has 0 spiro atoms. The molecule has 21 heavy (non-hydrogen) atoms. The summed E-state index contributed by atoms with van der Waals surface area (Å²) in [5.74, 6) is 0.388. The number of aliphatic hydroxyl groups is 1. The molecular weight excluding hydrogens is 264 g/mol. The quantitative estimate of drug-likeness (QED) is 0.846. The number of aryl methyl sites for hydroxylation is 1. The number of amides is 2. The second kappa shape index (κ2) is 6.94. The van der Waals surface area contributed by atoms with E-state index < -0.39 is 0 Å². The van der Waals surface area contributed by atoms with Crippen LogP contribution in [0.1, 0.15) is 43.4 Å². The van der Waals surface area contributed by atoms with E-state index in [1.54, 1.807) is 11.9 Å². The molecule has 2 N–H and O–H groups in total. The topological polar surface area (TPSA) is 52.6 Å². The van der Waals surface area contributed by atoms with Crippen LogP contribution < -0.4 is 5.32 Å². The van der Waals surface area contributed by atoms with Crippen molar-refractivity contribution in [1.29, 1.82) is 0 Å². The van der Waals surface area contributed by atoms with Gasteiger partial charge in [0.05, 0.1) is 12.1 Å². The summed E-state index contributed by atoms with van der Waals surface area (Å²) in [7, 11) is 1.74. The van der Waals surface area contributed by atoms with Gasteiger partial charge in [-0.15, -0.1) is 0 Å². The zero-order valence-corrected chi connectivity index (χ0v) is 13.2. The molecule has 0 aliphatic heterocycles. The van der Waals surface area contributed by atoms with Crippen molar-refractivity contribution < 1.29 is 9.90 Å². The molecule has 1 aromatic carbocycles. The van der Waals surface area contributed by atoms with E-state index in [1.807, 2.05) is 0 Å². The van der Waals surface area contributed by atoms with Crippen LogP contribution in [0.25, 0.3) is 0 Å². The fourth-order valence-corrected chi connectivity index (χ4v) is 2.47. The Labute approximate surface area is 127 Å². The van der Waals surface area contributed by atoms with Crippen molar-refractivity contribution in [1.82, 2.24) is 10.2 Å². The van der Waals surface area contributed by atoms with Gasteiger partial charge in [0, 0.05) is 13.6 Å². The average Bonchev–Trinajstić information content (AvgIpc) is 3.30. The second-order valence-electron chi connectivity index (χ2n) is 6.11. The molecule has 4 nitrogen and oxygen atoms in total. The standard InChI is InChI=1S/C17H26N2O2/c1-4-15(13-7-5-12(2)6-8-13)18-17(21)19(3)11-16(20)14-9-10-14/h5-8,14-16,20H,4,9-11H2,1-3H3,(H,18,21). The van der Waals surface area contributed by atoms with Gasteiger partial charge in [-0.2, -0.15) is 0 Å². The van der Waals surface area contributed by atoms with Crippen LogP contribution in [0.15, 0.2) is 24.3 Å². The van der Waals surface area contributed by atoms with Crippen LogP contribution in [0.4, 0.5) is 4.79 Å². The Morgan fingerprint density at radius 2 is 2.00 bits per heavy atom. The molecule has 1 saturated carbocycles. The third kappa shape index (κ3) is 4.46. The highest BCUT2D eigenvalue weighted by Gasteiger charge is 2.31. The highest BCUT2D eigenvalue weighted by molar-refractivity contribution is 5.74. The molecule has 2 atom stereocenters. The lowest BCUT2D eigenvalue weighted by Crippen LogP contribution is -2.43. The number of aliphatic hydroxyl groups excluding tert-OH is 1. The normalized spacial score (nSPS) is 17.1.